The second-order valence-corrected chi connectivity index (χ2v) is 9.10. The molecule has 0 spiro atoms. The molecule has 5 nitrogen and oxygen atoms in total. The van der Waals surface area contributed by atoms with Crippen LogP contribution < -0.4 is 5.56 Å². The molecule has 3 aromatic rings. The van der Waals surface area contributed by atoms with E-state index in [4.69, 9.17) is 0 Å². The molecule has 1 aliphatic carbocycles. The van der Waals surface area contributed by atoms with Gasteiger partial charge >= 0.3 is 0 Å². The molecule has 0 radical (unpaired) electrons. The summed E-state index contributed by atoms with van der Waals surface area (Å²) in [6.45, 7) is 4.12. The molecule has 1 saturated carbocycles. The van der Waals surface area contributed by atoms with Crippen LogP contribution in [0.3, 0.4) is 0 Å². The molecular weight excluding hydrogens is 386 g/mol. The van der Waals surface area contributed by atoms with Gasteiger partial charge in [0, 0.05) is 28.7 Å². The SMILES string of the molecule is Cc1cccc2c(=O)[nH]c(-c3ccc(C(=O)N(C4CC4)C4CCN(C)CC4)cc3)cc12. The highest BCUT2D eigenvalue weighted by atomic mass is 16.2. The summed E-state index contributed by atoms with van der Waals surface area (Å²) in [5, 5.41) is 1.66. The number of aromatic amines is 1. The molecule has 2 aromatic carbocycles. The fourth-order valence-electron chi connectivity index (χ4n) is 4.79. The Balaban J connectivity index is 1.42. The minimum atomic E-state index is -0.0847. The number of likely N-dealkylation sites (tertiary alicyclic amines) is 1. The van der Waals surface area contributed by atoms with E-state index in [0.29, 0.717) is 17.5 Å². The number of pyridine rings is 1. The van der Waals surface area contributed by atoms with Gasteiger partial charge in [0.05, 0.1) is 0 Å². The zero-order valence-electron chi connectivity index (χ0n) is 18.2. The van der Waals surface area contributed by atoms with E-state index in [0.717, 1.165) is 66.5 Å². The fraction of sp³-hybridized carbons (Fsp3) is 0.385. The highest BCUT2D eigenvalue weighted by Crippen LogP contribution is 2.33. The predicted molar refractivity (Wildman–Crippen MR) is 124 cm³/mol. The quantitative estimate of drug-likeness (QED) is 0.695. The molecule has 0 unspecified atom stereocenters. The van der Waals surface area contributed by atoms with Crippen molar-refractivity contribution < 1.29 is 4.79 Å². The Morgan fingerprint density at radius 1 is 0.968 bits per heavy atom. The van der Waals surface area contributed by atoms with Crippen LogP contribution in [0.1, 0.15) is 41.6 Å². The summed E-state index contributed by atoms with van der Waals surface area (Å²) in [5.41, 5.74) is 3.42. The number of nitrogens with one attached hydrogen (secondary N) is 1. The first-order chi connectivity index (χ1) is 15.0. The van der Waals surface area contributed by atoms with Gasteiger partial charge in [-0.15, -0.1) is 0 Å². The molecule has 1 aromatic heterocycles. The first kappa shape index (κ1) is 20.0. The van der Waals surface area contributed by atoms with Crippen LogP contribution in [0.15, 0.2) is 53.3 Å². The van der Waals surface area contributed by atoms with Gasteiger partial charge in [-0.2, -0.15) is 0 Å². The third-order valence-corrected chi connectivity index (χ3v) is 6.80. The van der Waals surface area contributed by atoms with Crippen molar-refractivity contribution in [3.63, 3.8) is 0 Å². The van der Waals surface area contributed by atoms with Crippen molar-refractivity contribution >= 4 is 16.7 Å². The van der Waals surface area contributed by atoms with Crippen molar-refractivity contribution in [1.29, 1.82) is 0 Å². The van der Waals surface area contributed by atoms with Crippen LogP contribution in [0.25, 0.3) is 22.0 Å². The summed E-state index contributed by atoms with van der Waals surface area (Å²) in [7, 11) is 2.15. The van der Waals surface area contributed by atoms with Gasteiger partial charge in [0.25, 0.3) is 11.5 Å². The Morgan fingerprint density at radius 3 is 2.32 bits per heavy atom. The van der Waals surface area contributed by atoms with Gasteiger partial charge in [-0.05, 0) is 93.5 Å². The van der Waals surface area contributed by atoms with E-state index in [2.05, 4.69) is 21.8 Å². The first-order valence-corrected chi connectivity index (χ1v) is 11.3. The molecule has 2 fully saturated rings. The van der Waals surface area contributed by atoms with Gasteiger partial charge in [-0.3, -0.25) is 9.59 Å². The van der Waals surface area contributed by atoms with Gasteiger partial charge < -0.3 is 14.8 Å². The predicted octanol–water partition coefficient (Wildman–Crippen LogP) is 4.20. The average molecular weight is 416 g/mol. The van der Waals surface area contributed by atoms with Crippen molar-refractivity contribution in [1.82, 2.24) is 14.8 Å². The van der Waals surface area contributed by atoms with Crippen LogP contribution in [0.4, 0.5) is 0 Å². The molecule has 1 amide bonds. The van der Waals surface area contributed by atoms with Crippen LogP contribution >= 0.6 is 0 Å². The maximum absolute atomic E-state index is 13.4. The third kappa shape index (κ3) is 3.90. The normalized spacial score (nSPS) is 17.7. The van der Waals surface area contributed by atoms with E-state index in [1.54, 1.807) is 0 Å². The topological polar surface area (TPSA) is 56.4 Å². The van der Waals surface area contributed by atoms with Crippen LogP contribution in [-0.4, -0.2) is 52.9 Å². The van der Waals surface area contributed by atoms with E-state index in [1.807, 2.05) is 55.5 Å². The summed E-state index contributed by atoms with van der Waals surface area (Å²) in [6, 6.07) is 16.2. The highest BCUT2D eigenvalue weighted by Gasteiger charge is 2.38. The molecule has 5 heteroatoms. The number of nitrogens with zero attached hydrogens (tertiary/aromatic N) is 2. The lowest BCUT2D eigenvalue weighted by Crippen LogP contribution is -2.47. The van der Waals surface area contributed by atoms with Crippen molar-refractivity contribution in [3.05, 3.63) is 70.0 Å². The third-order valence-electron chi connectivity index (χ3n) is 6.80. The Morgan fingerprint density at radius 2 is 1.65 bits per heavy atom. The van der Waals surface area contributed by atoms with Crippen molar-refractivity contribution in [2.75, 3.05) is 20.1 Å². The summed E-state index contributed by atoms with van der Waals surface area (Å²) in [6.07, 6.45) is 4.34. The number of H-pyrrole nitrogens is 1. The Bertz CT molecular complexity index is 1170. The molecule has 31 heavy (non-hydrogen) atoms. The summed E-state index contributed by atoms with van der Waals surface area (Å²) >= 11 is 0. The number of hydrogen-bond acceptors (Lipinski definition) is 3. The number of aryl methyl sites for hydroxylation is 1. The molecular formula is C26H29N3O2. The Hall–Kier alpha value is -2.92. The van der Waals surface area contributed by atoms with Crippen LogP contribution in [0, 0.1) is 6.92 Å². The molecule has 1 saturated heterocycles. The first-order valence-electron chi connectivity index (χ1n) is 11.3. The van der Waals surface area contributed by atoms with Gasteiger partial charge in [0.15, 0.2) is 0 Å². The maximum atomic E-state index is 13.4. The second kappa shape index (κ2) is 7.97. The molecule has 1 N–H and O–H groups in total. The van der Waals surface area contributed by atoms with Gasteiger partial charge in [-0.25, -0.2) is 0 Å². The maximum Gasteiger partial charge on any atom is 0.256 e. The molecule has 5 rings (SSSR count). The molecule has 2 aliphatic rings. The summed E-state index contributed by atoms with van der Waals surface area (Å²) in [4.78, 5) is 33.4. The van der Waals surface area contributed by atoms with E-state index in [9.17, 15) is 9.59 Å². The van der Waals surface area contributed by atoms with Crippen LogP contribution in [0.2, 0.25) is 0 Å². The number of carbonyl (C=O) groups excluding carboxylic acids is 1. The molecule has 160 valence electrons. The number of hydrogen-bond donors (Lipinski definition) is 1. The van der Waals surface area contributed by atoms with Gasteiger partial charge in [0.1, 0.15) is 0 Å². The summed E-state index contributed by atoms with van der Waals surface area (Å²) < 4.78 is 0. The number of amides is 1. The number of piperidine rings is 1. The van der Waals surface area contributed by atoms with Crippen molar-refractivity contribution in [2.24, 2.45) is 0 Å². The monoisotopic (exact) mass is 415 g/mol. The van der Waals surface area contributed by atoms with Crippen LogP contribution in [0.5, 0.6) is 0 Å². The van der Waals surface area contributed by atoms with E-state index < -0.39 is 0 Å². The lowest BCUT2D eigenvalue weighted by Gasteiger charge is -2.37. The summed E-state index contributed by atoms with van der Waals surface area (Å²) in [5.74, 6) is 0.145. The molecule has 0 bridgehead atoms. The Kier molecular flexibility index (Phi) is 5.14. The number of carbonyl (C=O) groups is 1. The average Bonchev–Trinajstić information content (AvgIpc) is 3.61. The smallest absolute Gasteiger partial charge is 0.256 e. The number of aromatic nitrogens is 1. The van der Waals surface area contributed by atoms with Gasteiger partial charge in [0.2, 0.25) is 0 Å². The van der Waals surface area contributed by atoms with E-state index in [-0.39, 0.29) is 11.5 Å². The minimum Gasteiger partial charge on any atom is -0.333 e. The lowest BCUT2D eigenvalue weighted by atomic mass is 10.0. The number of fused-ring (bicyclic) bond motifs is 1. The van der Waals surface area contributed by atoms with Crippen LogP contribution in [-0.2, 0) is 0 Å². The lowest BCUT2D eigenvalue weighted by molar-refractivity contribution is 0.0569. The van der Waals surface area contributed by atoms with Gasteiger partial charge in [-0.1, -0.05) is 24.3 Å². The van der Waals surface area contributed by atoms with Crippen molar-refractivity contribution in [2.45, 2.75) is 44.7 Å². The van der Waals surface area contributed by atoms with E-state index >= 15 is 0 Å². The zero-order chi connectivity index (χ0) is 21.5. The highest BCUT2D eigenvalue weighted by molar-refractivity contribution is 5.95. The standard InChI is InChI=1S/C26H29N3O2/c1-17-4-3-5-22-23(17)16-24(27-25(22)30)18-6-8-19(9-7-18)26(31)29(20-10-11-20)21-12-14-28(2)15-13-21/h3-9,16,20-21H,10-15H2,1-2H3,(H,27,30). The second-order valence-electron chi connectivity index (χ2n) is 9.10. The molecule has 1 aliphatic heterocycles. The fourth-order valence-corrected chi connectivity index (χ4v) is 4.79. The minimum absolute atomic E-state index is 0.0847. The number of rotatable bonds is 4. The Labute approximate surface area is 182 Å². The molecule has 0 atom stereocenters. The zero-order valence-corrected chi connectivity index (χ0v) is 18.2. The molecule has 2 heterocycles. The largest absolute Gasteiger partial charge is 0.333 e. The van der Waals surface area contributed by atoms with E-state index in [1.165, 1.54) is 0 Å². The van der Waals surface area contributed by atoms with Crippen molar-refractivity contribution in [3.8, 4) is 11.3 Å². The number of benzene rings is 2.